The van der Waals surface area contributed by atoms with Crippen molar-refractivity contribution in [2.75, 3.05) is 0 Å². The summed E-state index contributed by atoms with van der Waals surface area (Å²) in [5.74, 6) is -0.175. The first kappa shape index (κ1) is 14.3. The Labute approximate surface area is 126 Å². The second-order valence-electron chi connectivity index (χ2n) is 4.06. The number of nitrogens with zero attached hydrogens (tertiary/aromatic N) is 1. The molecule has 0 fully saturated rings. The van der Waals surface area contributed by atoms with Crippen LogP contribution in [0.15, 0.2) is 48.5 Å². The molecule has 0 aliphatic carbocycles. The minimum atomic E-state index is -0.175. The molecule has 0 atom stereocenters. The van der Waals surface area contributed by atoms with Crippen LogP contribution in [0.25, 0.3) is 6.08 Å². The van der Waals surface area contributed by atoms with Crippen molar-refractivity contribution in [3.63, 3.8) is 0 Å². The van der Waals surface area contributed by atoms with E-state index < -0.39 is 0 Å². The van der Waals surface area contributed by atoms with Gasteiger partial charge in [0.05, 0.1) is 21.7 Å². The van der Waals surface area contributed by atoms with Crippen molar-refractivity contribution in [1.82, 2.24) is 0 Å². The Kier molecular flexibility index (Phi) is 4.57. The zero-order chi connectivity index (χ0) is 14.5. The molecule has 0 aromatic heterocycles. The number of hydrogen-bond acceptors (Lipinski definition) is 2. The van der Waals surface area contributed by atoms with Gasteiger partial charge >= 0.3 is 0 Å². The van der Waals surface area contributed by atoms with E-state index in [4.69, 9.17) is 28.5 Å². The Morgan fingerprint density at radius 2 is 1.90 bits per heavy atom. The molecule has 20 heavy (non-hydrogen) atoms. The van der Waals surface area contributed by atoms with Crippen LogP contribution in [0.4, 0.5) is 0 Å². The van der Waals surface area contributed by atoms with E-state index in [-0.39, 0.29) is 5.78 Å². The van der Waals surface area contributed by atoms with Crippen molar-refractivity contribution in [3.8, 4) is 6.07 Å². The fourth-order valence-electron chi connectivity index (χ4n) is 1.63. The van der Waals surface area contributed by atoms with E-state index in [1.165, 1.54) is 12.1 Å². The molecule has 0 saturated carbocycles. The number of carbonyl (C=O) groups excluding carboxylic acids is 1. The minimum absolute atomic E-state index is 0.175. The van der Waals surface area contributed by atoms with Crippen molar-refractivity contribution in [2.24, 2.45) is 0 Å². The van der Waals surface area contributed by atoms with Crippen LogP contribution in [0, 0.1) is 11.3 Å². The highest BCUT2D eigenvalue weighted by molar-refractivity contribution is 6.42. The molecule has 4 heteroatoms. The minimum Gasteiger partial charge on any atom is -0.289 e. The summed E-state index contributed by atoms with van der Waals surface area (Å²) in [5.41, 5.74) is 1.80. The highest BCUT2D eigenvalue weighted by atomic mass is 35.5. The van der Waals surface area contributed by atoms with Crippen LogP contribution in [-0.4, -0.2) is 5.78 Å². The van der Waals surface area contributed by atoms with Gasteiger partial charge in [0.2, 0.25) is 0 Å². The van der Waals surface area contributed by atoms with E-state index in [0.717, 1.165) is 5.56 Å². The first-order valence-corrected chi connectivity index (χ1v) is 6.53. The maximum atomic E-state index is 12.0. The first-order chi connectivity index (χ1) is 9.60. The number of nitriles is 1. The van der Waals surface area contributed by atoms with Gasteiger partial charge in [-0.3, -0.25) is 4.79 Å². The standard InChI is InChI=1S/C16H9Cl2NO/c17-14-6-5-13(9-15(14)18)16(20)7-4-11-2-1-3-12(8-11)10-19/h1-9H/b7-4+. The van der Waals surface area contributed by atoms with Crippen LogP contribution >= 0.6 is 23.2 Å². The van der Waals surface area contributed by atoms with Crippen LogP contribution < -0.4 is 0 Å². The van der Waals surface area contributed by atoms with Gasteiger partial charge in [-0.05, 0) is 42.0 Å². The SMILES string of the molecule is N#Cc1cccc(/C=C/C(=O)c2ccc(Cl)c(Cl)c2)c1. The number of allylic oxidation sites excluding steroid dienone is 1. The summed E-state index contributed by atoms with van der Waals surface area (Å²) in [5, 5.41) is 9.56. The van der Waals surface area contributed by atoms with Crippen LogP contribution in [0.3, 0.4) is 0 Å². The highest BCUT2D eigenvalue weighted by Crippen LogP contribution is 2.23. The van der Waals surface area contributed by atoms with Crippen molar-refractivity contribution in [2.45, 2.75) is 0 Å². The number of benzene rings is 2. The molecular weight excluding hydrogens is 293 g/mol. The van der Waals surface area contributed by atoms with Crippen molar-refractivity contribution in [1.29, 1.82) is 5.26 Å². The monoisotopic (exact) mass is 301 g/mol. The molecule has 0 saturated heterocycles. The predicted octanol–water partition coefficient (Wildman–Crippen LogP) is 4.76. The lowest BCUT2D eigenvalue weighted by atomic mass is 10.1. The number of rotatable bonds is 3. The lowest BCUT2D eigenvalue weighted by molar-refractivity contribution is 0.104. The normalized spacial score (nSPS) is 10.4. The zero-order valence-electron chi connectivity index (χ0n) is 10.3. The second kappa shape index (κ2) is 6.38. The smallest absolute Gasteiger partial charge is 0.185 e. The lowest BCUT2D eigenvalue weighted by Gasteiger charge is -1.99. The molecule has 2 rings (SSSR count). The molecule has 2 nitrogen and oxygen atoms in total. The summed E-state index contributed by atoms with van der Waals surface area (Å²) in [6.07, 6.45) is 3.10. The molecule has 0 bridgehead atoms. The molecule has 2 aromatic rings. The van der Waals surface area contributed by atoms with Crippen molar-refractivity contribution >= 4 is 35.1 Å². The largest absolute Gasteiger partial charge is 0.289 e. The van der Waals surface area contributed by atoms with E-state index in [0.29, 0.717) is 21.2 Å². The van der Waals surface area contributed by atoms with Crippen LogP contribution in [0.2, 0.25) is 10.0 Å². The van der Waals surface area contributed by atoms with Gasteiger partial charge in [0.15, 0.2) is 5.78 Å². The fraction of sp³-hybridized carbons (Fsp3) is 0. The average molecular weight is 302 g/mol. The summed E-state index contributed by atoms with van der Waals surface area (Å²) in [6, 6.07) is 13.8. The molecule has 0 radical (unpaired) electrons. The summed E-state index contributed by atoms with van der Waals surface area (Å²) < 4.78 is 0. The summed E-state index contributed by atoms with van der Waals surface area (Å²) in [7, 11) is 0. The molecule has 0 N–H and O–H groups in total. The number of halogens is 2. The van der Waals surface area contributed by atoms with Gasteiger partial charge in [-0.1, -0.05) is 41.4 Å². The topological polar surface area (TPSA) is 40.9 Å². The molecule has 0 heterocycles. The molecule has 2 aromatic carbocycles. The number of carbonyl (C=O) groups is 1. The molecule has 0 aliphatic rings. The fourth-order valence-corrected chi connectivity index (χ4v) is 1.93. The van der Waals surface area contributed by atoms with Gasteiger partial charge in [0.1, 0.15) is 0 Å². The second-order valence-corrected chi connectivity index (χ2v) is 4.88. The van der Waals surface area contributed by atoms with Gasteiger partial charge in [-0.15, -0.1) is 0 Å². The third-order valence-electron chi connectivity index (χ3n) is 2.65. The maximum absolute atomic E-state index is 12.0. The average Bonchev–Trinajstić information content (AvgIpc) is 2.47. The maximum Gasteiger partial charge on any atom is 0.185 e. The number of ketones is 1. The Bertz CT molecular complexity index is 729. The van der Waals surface area contributed by atoms with E-state index in [1.807, 2.05) is 12.1 Å². The van der Waals surface area contributed by atoms with Gasteiger partial charge in [-0.25, -0.2) is 0 Å². The quantitative estimate of drug-likeness (QED) is 0.606. The van der Waals surface area contributed by atoms with Gasteiger partial charge in [0.25, 0.3) is 0 Å². The van der Waals surface area contributed by atoms with Gasteiger partial charge in [0, 0.05) is 5.56 Å². The van der Waals surface area contributed by atoms with Crippen LogP contribution in [0.5, 0.6) is 0 Å². The Balaban J connectivity index is 2.20. The molecule has 0 unspecified atom stereocenters. The zero-order valence-corrected chi connectivity index (χ0v) is 11.8. The third-order valence-corrected chi connectivity index (χ3v) is 3.39. The van der Waals surface area contributed by atoms with Crippen LogP contribution in [-0.2, 0) is 0 Å². The summed E-state index contributed by atoms with van der Waals surface area (Å²) >= 11 is 11.7. The Hall–Kier alpha value is -2.08. The first-order valence-electron chi connectivity index (χ1n) is 5.78. The predicted molar refractivity (Wildman–Crippen MR) is 81.0 cm³/mol. The molecule has 0 aliphatic heterocycles. The Morgan fingerprint density at radius 3 is 2.60 bits per heavy atom. The van der Waals surface area contributed by atoms with Crippen LogP contribution in [0.1, 0.15) is 21.5 Å². The molecule has 0 amide bonds. The highest BCUT2D eigenvalue weighted by Gasteiger charge is 2.05. The lowest BCUT2D eigenvalue weighted by Crippen LogP contribution is -1.93. The van der Waals surface area contributed by atoms with Crippen molar-refractivity contribution < 1.29 is 4.79 Å². The van der Waals surface area contributed by atoms with E-state index in [2.05, 4.69) is 0 Å². The molecule has 0 spiro atoms. The van der Waals surface area contributed by atoms with Crippen molar-refractivity contribution in [3.05, 3.63) is 75.3 Å². The molecular formula is C16H9Cl2NO. The summed E-state index contributed by atoms with van der Waals surface area (Å²) in [6.45, 7) is 0. The van der Waals surface area contributed by atoms with Gasteiger partial charge < -0.3 is 0 Å². The Morgan fingerprint density at radius 1 is 1.10 bits per heavy atom. The third kappa shape index (κ3) is 3.48. The van der Waals surface area contributed by atoms with E-state index in [9.17, 15) is 4.79 Å². The van der Waals surface area contributed by atoms with E-state index >= 15 is 0 Å². The van der Waals surface area contributed by atoms with E-state index in [1.54, 1.807) is 36.4 Å². The van der Waals surface area contributed by atoms with Gasteiger partial charge in [-0.2, -0.15) is 5.26 Å². The summed E-state index contributed by atoms with van der Waals surface area (Å²) in [4.78, 5) is 12.0. The molecule has 98 valence electrons. The number of hydrogen-bond donors (Lipinski definition) is 0.